The molecule has 0 bridgehead atoms. The summed E-state index contributed by atoms with van der Waals surface area (Å²) < 4.78 is 15.3. The second kappa shape index (κ2) is 9.74. The predicted molar refractivity (Wildman–Crippen MR) is 154 cm³/mol. The summed E-state index contributed by atoms with van der Waals surface area (Å²) in [6, 6.07) is 20.0. The van der Waals surface area contributed by atoms with Crippen LogP contribution < -0.4 is 24.4 Å². The molecule has 5 nitrogen and oxygen atoms in total. The molecule has 0 radical (unpaired) electrons. The zero-order valence-corrected chi connectivity index (χ0v) is 24.1. The molecule has 0 fully saturated rings. The number of benzene rings is 3. The van der Waals surface area contributed by atoms with Crippen LogP contribution in [0, 0.1) is 0 Å². The van der Waals surface area contributed by atoms with Gasteiger partial charge >= 0.3 is 0 Å². The van der Waals surface area contributed by atoms with Crippen LogP contribution in [-0.4, -0.2) is 18.8 Å². The van der Waals surface area contributed by atoms with Gasteiger partial charge in [0, 0.05) is 11.1 Å². The van der Waals surface area contributed by atoms with E-state index in [4.69, 9.17) is 14.5 Å². The van der Waals surface area contributed by atoms with E-state index in [1.54, 1.807) is 14.2 Å². The highest BCUT2D eigenvalue weighted by Gasteiger charge is 2.33. The Morgan fingerprint density at radius 2 is 1.73 bits per heavy atom. The Morgan fingerprint density at radius 1 is 1.00 bits per heavy atom. The number of aromatic nitrogens is 1. The van der Waals surface area contributed by atoms with E-state index in [0.29, 0.717) is 15.1 Å². The van der Waals surface area contributed by atoms with Crippen LogP contribution in [0.5, 0.6) is 11.5 Å². The lowest BCUT2D eigenvalue weighted by Gasteiger charge is -2.31. The first-order valence-electron chi connectivity index (χ1n) is 11.8. The zero-order valence-electron chi connectivity index (χ0n) is 20.1. The molecule has 0 unspecified atom stereocenters. The second-order valence-electron chi connectivity index (χ2n) is 8.87. The first-order valence-corrected chi connectivity index (χ1v) is 14.2. The number of rotatable bonds is 4. The van der Waals surface area contributed by atoms with E-state index in [0.717, 1.165) is 55.5 Å². The highest BCUT2D eigenvalue weighted by atomic mass is 79.9. The van der Waals surface area contributed by atoms with Crippen molar-refractivity contribution in [1.82, 2.24) is 4.57 Å². The van der Waals surface area contributed by atoms with E-state index in [1.807, 2.05) is 41.0 Å². The summed E-state index contributed by atoms with van der Waals surface area (Å²) >= 11 is 8.54. The van der Waals surface area contributed by atoms with Crippen molar-refractivity contribution in [3.63, 3.8) is 0 Å². The number of nitrogens with zero attached hydrogens (tertiary/aromatic N) is 2. The van der Waals surface area contributed by atoms with E-state index >= 15 is 0 Å². The summed E-state index contributed by atoms with van der Waals surface area (Å²) in [6.07, 6.45) is 3.66. The van der Waals surface area contributed by atoms with Crippen molar-refractivity contribution in [2.75, 3.05) is 14.2 Å². The fraction of sp³-hybridized carbons (Fsp3) is 0.172. The minimum atomic E-state index is -0.285. The molecule has 1 atom stereocenters. The van der Waals surface area contributed by atoms with Gasteiger partial charge in [0.2, 0.25) is 0 Å². The summed E-state index contributed by atoms with van der Waals surface area (Å²) in [5.74, 6) is 1.47. The molecule has 8 heteroatoms. The van der Waals surface area contributed by atoms with Crippen molar-refractivity contribution in [1.29, 1.82) is 0 Å². The molecule has 4 aromatic rings. The lowest BCUT2D eigenvalue weighted by Crippen LogP contribution is -2.39. The topological polar surface area (TPSA) is 52.8 Å². The number of ether oxygens (including phenoxy) is 2. The van der Waals surface area contributed by atoms with E-state index in [1.165, 1.54) is 16.9 Å². The van der Waals surface area contributed by atoms with Crippen LogP contribution in [0.2, 0.25) is 0 Å². The molecule has 1 aliphatic heterocycles. The lowest BCUT2D eigenvalue weighted by molar-refractivity contribution is 0.402. The summed E-state index contributed by atoms with van der Waals surface area (Å²) in [7, 11) is 3.30. The maximum absolute atomic E-state index is 14.0. The number of aryl methyl sites for hydroxylation is 1. The second-order valence-corrected chi connectivity index (χ2v) is 11.6. The average Bonchev–Trinajstić information content (AvgIpc) is 3.21. The number of para-hydroxylation sites is 1. The van der Waals surface area contributed by atoms with E-state index in [2.05, 4.69) is 62.2 Å². The van der Waals surface area contributed by atoms with Crippen molar-refractivity contribution in [2.24, 2.45) is 4.99 Å². The molecule has 186 valence electrons. The monoisotopic (exact) mass is 636 g/mol. The first-order chi connectivity index (χ1) is 18.0. The predicted octanol–water partition coefficient (Wildman–Crippen LogP) is 5.86. The molecule has 0 saturated heterocycles. The number of allylic oxidation sites excluding steroid dienone is 1. The normalized spacial score (nSPS) is 16.5. The molecule has 0 amide bonds. The van der Waals surface area contributed by atoms with Crippen LogP contribution in [0.15, 0.2) is 85.0 Å². The largest absolute Gasteiger partial charge is 0.496 e. The minimum Gasteiger partial charge on any atom is -0.496 e. The van der Waals surface area contributed by atoms with Crippen LogP contribution in [0.3, 0.4) is 0 Å². The number of hydrogen-bond acceptors (Lipinski definition) is 5. The molecule has 0 N–H and O–H groups in total. The number of fused-ring (bicyclic) bond motifs is 3. The quantitative estimate of drug-likeness (QED) is 0.282. The molecular formula is C29H22Br2N2O3S. The van der Waals surface area contributed by atoms with Crippen LogP contribution >= 0.6 is 43.2 Å². The third-order valence-electron chi connectivity index (χ3n) is 6.83. The molecule has 3 aromatic carbocycles. The van der Waals surface area contributed by atoms with Crippen LogP contribution in [0.4, 0.5) is 0 Å². The van der Waals surface area contributed by atoms with Crippen molar-refractivity contribution in [3.05, 3.63) is 117 Å². The van der Waals surface area contributed by atoms with Gasteiger partial charge in [0.1, 0.15) is 11.5 Å². The fourth-order valence-electron chi connectivity index (χ4n) is 5.20. The Balaban J connectivity index is 1.62. The molecule has 37 heavy (non-hydrogen) atoms. The summed E-state index contributed by atoms with van der Waals surface area (Å²) in [4.78, 5) is 19.8. The van der Waals surface area contributed by atoms with Crippen LogP contribution in [0.1, 0.15) is 34.7 Å². The number of halogens is 2. The molecule has 0 saturated carbocycles. The highest BCUT2D eigenvalue weighted by Crippen LogP contribution is 2.43. The lowest BCUT2D eigenvalue weighted by atomic mass is 9.83. The molecule has 2 heterocycles. The first kappa shape index (κ1) is 24.4. The van der Waals surface area contributed by atoms with E-state index in [9.17, 15) is 4.79 Å². The van der Waals surface area contributed by atoms with Crippen molar-refractivity contribution >= 4 is 55.0 Å². The Hall–Kier alpha value is -2.94. The molecule has 1 aromatic heterocycles. The van der Waals surface area contributed by atoms with Crippen molar-refractivity contribution in [3.8, 4) is 11.5 Å². The molecule has 1 aliphatic carbocycles. The highest BCUT2D eigenvalue weighted by molar-refractivity contribution is 9.11. The Bertz CT molecular complexity index is 1750. The minimum absolute atomic E-state index is 0.0619. The van der Waals surface area contributed by atoms with Gasteiger partial charge in [-0.25, -0.2) is 4.99 Å². The Kier molecular flexibility index (Phi) is 6.42. The molecule has 0 spiro atoms. The summed E-state index contributed by atoms with van der Waals surface area (Å²) in [6.45, 7) is 0. The Morgan fingerprint density at radius 3 is 2.49 bits per heavy atom. The molecular weight excluding hydrogens is 616 g/mol. The third kappa shape index (κ3) is 4.11. The number of thiazole rings is 1. The number of hydrogen-bond donors (Lipinski definition) is 0. The van der Waals surface area contributed by atoms with Gasteiger partial charge < -0.3 is 9.47 Å². The van der Waals surface area contributed by atoms with Gasteiger partial charge in [-0.2, -0.15) is 0 Å². The maximum atomic E-state index is 14.0. The standard InChI is InChI=1S/C29H22Br2N2O3S/c1-35-23-10-6-5-9-19(23)26-20-12-11-17-7-3-4-8-18(17)25(20)32-29-33(26)28(34)24(37-29)15-16-13-21(30)27(36-2)22(31)14-16/h3-10,13-15,26H,11-12H2,1-2H3/b24-15-/t26-/m1/s1. The van der Waals surface area contributed by atoms with Crippen molar-refractivity contribution < 1.29 is 9.47 Å². The number of methoxy groups -OCH3 is 2. The Labute approximate surface area is 234 Å². The molecule has 6 rings (SSSR count). The van der Waals surface area contributed by atoms with E-state index < -0.39 is 0 Å². The van der Waals surface area contributed by atoms with Gasteiger partial charge in [0.15, 0.2) is 4.80 Å². The summed E-state index contributed by atoms with van der Waals surface area (Å²) in [5.41, 5.74) is 6.34. The van der Waals surface area contributed by atoms with Gasteiger partial charge in [-0.15, -0.1) is 0 Å². The molecule has 2 aliphatic rings. The van der Waals surface area contributed by atoms with Gasteiger partial charge in [-0.1, -0.05) is 53.8 Å². The van der Waals surface area contributed by atoms with Gasteiger partial charge in [-0.3, -0.25) is 9.36 Å². The smallest absolute Gasteiger partial charge is 0.271 e. The van der Waals surface area contributed by atoms with Gasteiger partial charge in [0.05, 0.1) is 39.4 Å². The van der Waals surface area contributed by atoms with Gasteiger partial charge in [0.25, 0.3) is 5.56 Å². The van der Waals surface area contributed by atoms with Gasteiger partial charge in [-0.05, 0) is 85.7 Å². The van der Waals surface area contributed by atoms with Crippen LogP contribution in [-0.2, 0) is 6.42 Å². The SMILES string of the molecule is COc1ccccc1[C@@H]1C2=C(N=c3s/c(=C\c4cc(Br)c(OC)c(Br)c4)c(=O)n31)c1ccccc1CC2. The maximum Gasteiger partial charge on any atom is 0.271 e. The summed E-state index contributed by atoms with van der Waals surface area (Å²) in [5, 5.41) is 0. The third-order valence-corrected chi connectivity index (χ3v) is 8.99. The average molecular weight is 638 g/mol. The zero-order chi connectivity index (χ0) is 25.7. The van der Waals surface area contributed by atoms with Crippen molar-refractivity contribution in [2.45, 2.75) is 18.9 Å². The van der Waals surface area contributed by atoms with E-state index in [-0.39, 0.29) is 11.6 Å². The van der Waals surface area contributed by atoms with Crippen LogP contribution in [0.25, 0.3) is 11.8 Å². The fourth-order valence-corrected chi connectivity index (χ4v) is 7.75.